The molecule has 26 heavy (non-hydrogen) atoms. The minimum Gasteiger partial charge on any atom is -0.492 e. The van der Waals surface area contributed by atoms with Gasteiger partial charge < -0.3 is 14.8 Å². The Morgan fingerprint density at radius 2 is 1.69 bits per heavy atom. The van der Waals surface area contributed by atoms with Crippen LogP contribution in [0.3, 0.4) is 0 Å². The molecule has 0 spiro atoms. The van der Waals surface area contributed by atoms with E-state index in [1.54, 1.807) is 0 Å². The molecule has 0 saturated heterocycles. The van der Waals surface area contributed by atoms with Gasteiger partial charge in [-0.1, -0.05) is 49.3 Å². The third kappa shape index (κ3) is 6.52. The van der Waals surface area contributed by atoms with E-state index in [2.05, 4.69) is 48.2 Å². The number of likely N-dealkylation sites (N-methyl/N-ethyl adjacent to an activating group) is 1. The van der Waals surface area contributed by atoms with Crippen LogP contribution in [0.15, 0.2) is 59.8 Å². The summed E-state index contributed by atoms with van der Waals surface area (Å²) in [6.07, 6.45) is 2.67. The van der Waals surface area contributed by atoms with E-state index in [9.17, 15) is 5.21 Å². The fourth-order valence-electron chi connectivity index (χ4n) is 2.93. The number of nitrogens with zero attached hydrogens (tertiary/aromatic N) is 2. The Morgan fingerprint density at radius 1 is 1.00 bits per heavy atom. The third-order valence-electron chi connectivity index (χ3n) is 4.60. The van der Waals surface area contributed by atoms with Gasteiger partial charge in [-0.15, -0.1) is 0 Å². The summed E-state index contributed by atoms with van der Waals surface area (Å²) in [5.41, 5.74) is 2.97. The molecule has 0 bridgehead atoms. The fraction of sp³-hybridized carbons (Fsp3) is 0.409. The maximum Gasteiger partial charge on any atom is 0.119 e. The van der Waals surface area contributed by atoms with Gasteiger partial charge in [0.1, 0.15) is 12.4 Å². The summed E-state index contributed by atoms with van der Waals surface area (Å²) in [7, 11) is 0. The predicted molar refractivity (Wildman–Crippen MR) is 107 cm³/mol. The summed E-state index contributed by atoms with van der Waals surface area (Å²) >= 11 is 0. The van der Waals surface area contributed by atoms with Gasteiger partial charge >= 0.3 is 0 Å². The largest absolute Gasteiger partial charge is 0.492 e. The van der Waals surface area contributed by atoms with E-state index in [-0.39, 0.29) is 0 Å². The number of benzene rings is 2. The first kappa shape index (κ1) is 20.0. The zero-order valence-corrected chi connectivity index (χ0v) is 15.9. The maximum atomic E-state index is 9.35. The molecule has 0 aliphatic carbocycles. The second kappa shape index (κ2) is 11.3. The van der Waals surface area contributed by atoms with E-state index in [4.69, 9.17) is 4.74 Å². The van der Waals surface area contributed by atoms with E-state index in [0.717, 1.165) is 55.9 Å². The molecule has 0 aromatic heterocycles. The van der Waals surface area contributed by atoms with Crippen molar-refractivity contribution >= 4 is 5.71 Å². The van der Waals surface area contributed by atoms with Gasteiger partial charge in [0.15, 0.2) is 0 Å². The number of oxime groups is 1. The van der Waals surface area contributed by atoms with Crippen LogP contribution in [-0.2, 0) is 6.42 Å². The van der Waals surface area contributed by atoms with Crippen LogP contribution in [0.5, 0.6) is 5.75 Å². The molecular formula is C22H30N2O2. The number of ether oxygens (including phenoxy) is 1. The number of hydrogen-bond donors (Lipinski definition) is 1. The molecule has 0 aliphatic heterocycles. The van der Waals surface area contributed by atoms with Crippen LogP contribution in [-0.4, -0.2) is 42.1 Å². The molecule has 4 nitrogen and oxygen atoms in total. The lowest BCUT2D eigenvalue weighted by molar-refractivity contribution is 0.223. The lowest BCUT2D eigenvalue weighted by Gasteiger charge is -2.18. The van der Waals surface area contributed by atoms with E-state index >= 15 is 0 Å². The second-order valence-electron chi connectivity index (χ2n) is 6.29. The average molecular weight is 354 g/mol. The molecule has 2 aromatic rings. The minimum absolute atomic E-state index is 0.680. The van der Waals surface area contributed by atoms with Crippen LogP contribution in [0.2, 0.25) is 0 Å². The van der Waals surface area contributed by atoms with Crippen LogP contribution in [0.4, 0.5) is 0 Å². The molecule has 0 saturated carbocycles. The van der Waals surface area contributed by atoms with Crippen LogP contribution < -0.4 is 4.74 Å². The highest BCUT2D eigenvalue weighted by molar-refractivity contribution is 6.00. The van der Waals surface area contributed by atoms with Crippen LogP contribution >= 0.6 is 0 Å². The smallest absolute Gasteiger partial charge is 0.119 e. The average Bonchev–Trinajstić information content (AvgIpc) is 2.70. The van der Waals surface area contributed by atoms with Gasteiger partial charge in [-0.2, -0.15) is 0 Å². The van der Waals surface area contributed by atoms with Gasteiger partial charge in [-0.05, 0) is 67.7 Å². The van der Waals surface area contributed by atoms with E-state index in [0.29, 0.717) is 6.61 Å². The monoisotopic (exact) mass is 354 g/mol. The Bertz CT molecular complexity index is 650. The fourth-order valence-corrected chi connectivity index (χ4v) is 2.93. The van der Waals surface area contributed by atoms with E-state index in [1.165, 1.54) is 5.56 Å². The Hall–Kier alpha value is -2.33. The van der Waals surface area contributed by atoms with Crippen molar-refractivity contribution in [3.63, 3.8) is 0 Å². The molecule has 1 N–H and O–H groups in total. The van der Waals surface area contributed by atoms with Crippen molar-refractivity contribution in [2.45, 2.75) is 33.1 Å². The highest BCUT2D eigenvalue weighted by atomic mass is 16.5. The van der Waals surface area contributed by atoms with Crippen molar-refractivity contribution in [1.82, 2.24) is 4.90 Å². The van der Waals surface area contributed by atoms with Crippen LogP contribution in [0.1, 0.15) is 37.8 Å². The SMILES string of the molecule is CCN(CC)CCOc1ccc(C(CCCc2ccccc2)=NO)cc1. The molecule has 0 amide bonds. The normalized spacial score (nSPS) is 11.7. The molecule has 0 atom stereocenters. The van der Waals surface area contributed by atoms with E-state index < -0.39 is 0 Å². The molecule has 0 aliphatic rings. The lowest BCUT2D eigenvalue weighted by atomic mass is 10.0. The molecule has 0 unspecified atom stereocenters. The van der Waals surface area contributed by atoms with Crippen molar-refractivity contribution in [2.75, 3.05) is 26.2 Å². The molecule has 2 rings (SSSR count). The van der Waals surface area contributed by atoms with Crippen molar-refractivity contribution in [3.8, 4) is 5.75 Å². The first-order chi connectivity index (χ1) is 12.8. The quantitative estimate of drug-likeness (QED) is 0.364. The van der Waals surface area contributed by atoms with Gasteiger partial charge in [0.05, 0.1) is 5.71 Å². The number of rotatable bonds is 11. The van der Waals surface area contributed by atoms with Gasteiger partial charge in [0, 0.05) is 6.54 Å². The second-order valence-corrected chi connectivity index (χ2v) is 6.29. The minimum atomic E-state index is 0.680. The zero-order valence-electron chi connectivity index (χ0n) is 15.9. The van der Waals surface area contributed by atoms with Gasteiger partial charge in [-0.25, -0.2) is 0 Å². The zero-order chi connectivity index (χ0) is 18.6. The standard InChI is InChI=1S/C22H30N2O2/c1-3-24(4-2)17-18-26-21-15-13-20(14-16-21)22(23-25)12-8-11-19-9-6-5-7-10-19/h5-7,9-10,13-16,25H,3-4,8,11-12,17-18H2,1-2H3. The summed E-state index contributed by atoms with van der Waals surface area (Å²) in [5, 5.41) is 12.8. The number of hydrogen-bond acceptors (Lipinski definition) is 4. The molecule has 140 valence electrons. The Kier molecular flexibility index (Phi) is 8.70. The van der Waals surface area contributed by atoms with Gasteiger partial charge in [-0.3, -0.25) is 0 Å². The summed E-state index contributed by atoms with van der Waals surface area (Å²) in [4.78, 5) is 2.33. The van der Waals surface area contributed by atoms with Crippen molar-refractivity contribution < 1.29 is 9.94 Å². The first-order valence-electron chi connectivity index (χ1n) is 9.47. The third-order valence-corrected chi connectivity index (χ3v) is 4.60. The Morgan fingerprint density at radius 3 is 2.31 bits per heavy atom. The molecule has 2 aromatic carbocycles. The lowest BCUT2D eigenvalue weighted by Crippen LogP contribution is -2.27. The summed E-state index contributed by atoms with van der Waals surface area (Å²) in [6, 6.07) is 18.2. The highest BCUT2D eigenvalue weighted by Crippen LogP contribution is 2.15. The summed E-state index contributed by atoms with van der Waals surface area (Å²) in [6.45, 7) is 8.00. The van der Waals surface area contributed by atoms with E-state index in [1.807, 2.05) is 30.3 Å². The highest BCUT2D eigenvalue weighted by Gasteiger charge is 2.06. The molecular weight excluding hydrogens is 324 g/mol. The predicted octanol–water partition coefficient (Wildman–Crippen LogP) is 4.61. The maximum absolute atomic E-state index is 9.35. The molecule has 4 heteroatoms. The van der Waals surface area contributed by atoms with Gasteiger partial charge in [0.25, 0.3) is 0 Å². The summed E-state index contributed by atoms with van der Waals surface area (Å²) in [5.74, 6) is 0.850. The Balaban J connectivity index is 1.81. The van der Waals surface area contributed by atoms with Crippen molar-refractivity contribution in [1.29, 1.82) is 0 Å². The van der Waals surface area contributed by atoms with Crippen molar-refractivity contribution in [2.24, 2.45) is 5.16 Å². The number of aryl methyl sites for hydroxylation is 1. The first-order valence-corrected chi connectivity index (χ1v) is 9.47. The molecule has 0 radical (unpaired) electrons. The van der Waals surface area contributed by atoms with Crippen LogP contribution in [0, 0.1) is 0 Å². The summed E-state index contributed by atoms with van der Waals surface area (Å²) < 4.78 is 5.80. The van der Waals surface area contributed by atoms with Gasteiger partial charge in [0.2, 0.25) is 0 Å². The van der Waals surface area contributed by atoms with Crippen molar-refractivity contribution in [3.05, 3.63) is 65.7 Å². The Labute approximate surface area is 157 Å². The molecule has 0 fully saturated rings. The topological polar surface area (TPSA) is 45.1 Å². The molecule has 0 heterocycles. The van der Waals surface area contributed by atoms with Crippen LogP contribution in [0.25, 0.3) is 0 Å².